The van der Waals surface area contributed by atoms with E-state index in [-0.39, 0.29) is 29.0 Å². The molecule has 8 nitrogen and oxygen atoms in total. The maximum atomic E-state index is 16.3. The number of nitrogens with zero attached hydrogens (tertiary/aromatic N) is 6. The van der Waals surface area contributed by atoms with Gasteiger partial charge < -0.3 is 9.80 Å². The molecule has 1 saturated heterocycles. The monoisotopic (exact) mass is 582 g/mol. The number of pyridine rings is 2. The molecule has 0 N–H and O–H groups in total. The van der Waals surface area contributed by atoms with Crippen molar-refractivity contribution in [3.05, 3.63) is 88.4 Å². The lowest BCUT2D eigenvalue weighted by atomic mass is 9.83. The van der Waals surface area contributed by atoms with Crippen molar-refractivity contribution < 1.29 is 9.18 Å². The third kappa shape index (κ3) is 5.44. The normalized spacial score (nSPS) is 15.8. The van der Waals surface area contributed by atoms with E-state index in [2.05, 4.69) is 37.3 Å². The molecule has 0 aliphatic carbocycles. The van der Waals surface area contributed by atoms with E-state index in [1.165, 1.54) is 16.7 Å². The van der Waals surface area contributed by atoms with Crippen LogP contribution in [0.4, 0.5) is 10.2 Å². The van der Waals surface area contributed by atoms with Crippen LogP contribution in [0.3, 0.4) is 0 Å². The van der Waals surface area contributed by atoms with Crippen LogP contribution < -0.4 is 10.6 Å². The fraction of sp³-hybridized carbons (Fsp3) is 0.382. The molecule has 0 saturated carbocycles. The van der Waals surface area contributed by atoms with Gasteiger partial charge in [0.1, 0.15) is 17.3 Å². The Bertz CT molecular complexity index is 1790. The maximum Gasteiger partial charge on any atom is 0.355 e. The summed E-state index contributed by atoms with van der Waals surface area (Å²) >= 11 is 0. The Balaban J connectivity index is 1.84. The van der Waals surface area contributed by atoms with Crippen LogP contribution in [0.2, 0.25) is 0 Å². The lowest BCUT2D eigenvalue weighted by molar-refractivity contribution is -0.126. The molecule has 0 radical (unpaired) electrons. The van der Waals surface area contributed by atoms with Crippen molar-refractivity contribution in [1.29, 1.82) is 0 Å². The van der Waals surface area contributed by atoms with Crippen molar-refractivity contribution in [1.82, 2.24) is 24.4 Å². The average molecular weight is 583 g/mol. The Kier molecular flexibility index (Phi) is 7.94. The molecule has 1 aliphatic rings. The molecule has 1 atom stereocenters. The van der Waals surface area contributed by atoms with Gasteiger partial charge in [0.15, 0.2) is 5.65 Å². The summed E-state index contributed by atoms with van der Waals surface area (Å²) < 4.78 is 17.8. The van der Waals surface area contributed by atoms with Crippen LogP contribution in [-0.2, 0) is 10.2 Å². The van der Waals surface area contributed by atoms with Gasteiger partial charge in [0.25, 0.3) is 0 Å². The number of piperazine rings is 1. The van der Waals surface area contributed by atoms with Gasteiger partial charge in [-0.15, -0.1) is 0 Å². The van der Waals surface area contributed by atoms with Crippen LogP contribution in [0.25, 0.3) is 28.0 Å². The number of aryl methyl sites for hydroxylation is 1. The van der Waals surface area contributed by atoms with Crippen LogP contribution in [-0.4, -0.2) is 56.0 Å². The molecule has 5 rings (SSSR count). The van der Waals surface area contributed by atoms with Crippen LogP contribution in [0.5, 0.6) is 0 Å². The molecule has 0 bridgehead atoms. The van der Waals surface area contributed by atoms with Gasteiger partial charge in [-0.05, 0) is 54.5 Å². The Hall–Kier alpha value is -4.40. The predicted octanol–water partition coefficient (Wildman–Crippen LogP) is 5.93. The minimum atomic E-state index is -0.522. The standard InChI is InChI=1S/C34H39FN6O2/c1-9-27(42)39-16-17-40(22(5)19-39)31-24-18-26(35)29(23-12-10-11-13-25(23)34(6,7)8)37-32(24)41(33(43)38-31)30-21(4)14-15-36-28(30)20(2)3/h9-15,18,20,22H,1,16-17,19H2,2-8H3/t22-/m0/s1. The van der Waals surface area contributed by atoms with Crippen molar-refractivity contribution >= 4 is 22.8 Å². The van der Waals surface area contributed by atoms with E-state index in [9.17, 15) is 9.59 Å². The van der Waals surface area contributed by atoms with E-state index in [4.69, 9.17) is 4.98 Å². The minimum Gasteiger partial charge on any atom is -0.350 e. The second-order valence-electron chi connectivity index (χ2n) is 12.6. The van der Waals surface area contributed by atoms with Gasteiger partial charge in [0.05, 0.1) is 16.8 Å². The zero-order valence-electron chi connectivity index (χ0n) is 26.0. The molecule has 1 aliphatic heterocycles. The van der Waals surface area contributed by atoms with Gasteiger partial charge in [-0.2, -0.15) is 4.98 Å². The Morgan fingerprint density at radius 1 is 1.14 bits per heavy atom. The number of hydrogen-bond donors (Lipinski definition) is 0. The lowest BCUT2D eigenvalue weighted by Crippen LogP contribution is -2.54. The SMILES string of the molecule is C=CC(=O)N1CCN(c2nc(=O)n(-c3c(C)ccnc3C(C)C)c3nc(-c4ccccc4C(C)(C)C)c(F)cc23)[C@@H](C)C1. The summed E-state index contributed by atoms with van der Waals surface area (Å²) in [4.78, 5) is 44.2. The molecule has 4 aromatic rings. The topological polar surface area (TPSA) is 84.2 Å². The molecule has 43 heavy (non-hydrogen) atoms. The van der Waals surface area contributed by atoms with Crippen molar-refractivity contribution in [2.75, 3.05) is 24.5 Å². The summed E-state index contributed by atoms with van der Waals surface area (Å²) in [5.41, 5.74) is 3.47. The number of fused-ring (bicyclic) bond motifs is 1. The highest BCUT2D eigenvalue weighted by Crippen LogP contribution is 2.37. The van der Waals surface area contributed by atoms with Crippen LogP contribution in [0.1, 0.15) is 64.3 Å². The number of aromatic nitrogens is 4. The molecule has 9 heteroatoms. The number of halogens is 1. The zero-order chi connectivity index (χ0) is 31.2. The quantitative estimate of drug-likeness (QED) is 0.271. The number of carbonyl (C=O) groups excluding carboxylic acids is 1. The first-order valence-corrected chi connectivity index (χ1v) is 14.7. The summed E-state index contributed by atoms with van der Waals surface area (Å²) in [6, 6.07) is 10.8. The first-order chi connectivity index (χ1) is 20.3. The molecule has 3 aromatic heterocycles. The zero-order valence-corrected chi connectivity index (χ0v) is 26.0. The molecule has 4 heterocycles. The van der Waals surface area contributed by atoms with Gasteiger partial charge in [0.2, 0.25) is 5.91 Å². The molecule has 1 aromatic carbocycles. The van der Waals surface area contributed by atoms with Crippen molar-refractivity contribution in [2.45, 2.75) is 65.8 Å². The van der Waals surface area contributed by atoms with E-state index >= 15 is 4.39 Å². The van der Waals surface area contributed by atoms with Crippen molar-refractivity contribution in [2.24, 2.45) is 0 Å². The number of rotatable bonds is 5. The molecule has 1 fully saturated rings. The number of hydrogen-bond acceptors (Lipinski definition) is 6. The third-order valence-corrected chi connectivity index (χ3v) is 8.10. The van der Waals surface area contributed by atoms with Crippen molar-refractivity contribution in [3.8, 4) is 16.9 Å². The van der Waals surface area contributed by atoms with E-state index in [0.717, 1.165) is 16.8 Å². The maximum absolute atomic E-state index is 16.3. The number of anilines is 1. The largest absolute Gasteiger partial charge is 0.355 e. The second-order valence-corrected chi connectivity index (χ2v) is 12.6. The smallest absolute Gasteiger partial charge is 0.350 e. The first kappa shape index (κ1) is 30.1. The van der Waals surface area contributed by atoms with Crippen LogP contribution in [0, 0.1) is 12.7 Å². The molecular weight excluding hydrogens is 543 g/mol. The van der Waals surface area contributed by atoms with E-state index in [1.54, 1.807) is 11.1 Å². The summed E-state index contributed by atoms with van der Waals surface area (Å²) in [5, 5.41) is 0.419. The Morgan fingerprint density at radius 2 is 1.86 bits per heavy atom. The summed E-state index contributed by atoms with van der Waals surface area (Å²) in [5.74, 6) is -0.293. The summed E-state index contributed by atoms with van der Waals surface area (Å²) in [6.45, 7) is 19.0. The van der Waals surface area contributed by atoms with Crippen LogP contribution in [0.15, 0.2) is 60.0 Å². The molecule has 224 valence electrons. The average Bonchev–Trinajstić information content (AvgIpc) is 2.96. The molecular formula is C34H39FN6O2. The third-order valence-electron chi connectivity index (χ3n) is 8.10. The highest BCUT2D eigenvalue weighted by atomic mass is 19.1. The highest BCUT2D eigenvalue weighted by molar-refractivity contribution is 5.91. The Labute approximate surface area is 251 Å². The predicted molar refractivity (Wildman–Crippen MR) is 169 cm³/mol. The Morgan fingerprint density at radius 3 is 2.51 bits per heavy atom. The van der Waals surface area contributed by atoms with E-state index in [0.29, 0.717) is 47.7 Å². The van der Waals surface area contributed by atoms with Crippen molar-refractivity contribution in [3.63, 3.8) is 0 Å². The molecule has 0 unspecified atom stereocenters. The number of amides is 1. The summed E-state index contributed by atoms with van der Waals surface area (Å²) in [6.07, 6.45) is 3.03. The van der Waals surface area contributed by atoms with Gasteiger partial charge in [-0.3, -0.25) is 9.78 Å². The fourth-order valence-corrected chi connectivity index (χ4v) is 5.94. The van der Waals surface area contributed by atoms with Crippen LogP contribution >= 0.6 is 0 Å². The molecule has 1 amide bonds. The van der Waals surface area contributed by atoms with Gasteiger partial charge in [-0.25, -0.2) is 18.7 Å². The number of carbonyl (C=O) groups is 1. The second kappa shape index (κ2) is 11.4. The fourth-order valence-electron chi connectivity index (χ4n) is 5.94. The first-order valence-electron chi connectivity index (χ1n) is 14.7. The van der Waals surface area contributed by atoms with Gasteiger partial charge in [-0.1, -0.05) is 65.5 Å². The van der Waals surface area contributed by atoms with E-state index < -0.39 is 11.5 Å². The van der Waals surface area contributed by atoms with E-state index in [1.807, 2.05) is 62.9 Å². The lowest BCUT2D eigenvalue weighted by Gasteiger charge is -2.40. The van der Waals surface area contributed by atoms with Gasteiger partial charge >= 0.3 is 5.69 Å². The van der Waals surface area contributed by atoms with Gasteiger partial charge in [0, 0.05) is 37.4 Å². The summed E-state index contributed by atoms with van der Waals surface area (Å²) in [7, 11) is 0. The highest BCUT2D eigenvalue weighted by Gasteiger charge is 2.31. The number of benzene rings is 1. The minimum absolute atomic E-state index is 0.00792. The molecule has 0 spiro atoms.